The summed E-state index contributed by atoms with van der Waals surface area (Å²) in [5, 5.41) is 9.40. The number of carboxylic acid groups (broad SMARTS) is 1. The maximum absolute atomic E-state index is 11.5. The Labute approximate surface area is 110 Å². The third kappa shape index (κ3) is 3.48. The average Bonchev–Trinajstić information content (AvgIpc) is 2.19. The molecule has 0 bridgehead atoms. The Morgan fingerprint density at radius 2 is 2.11 bits per heavy atom. The molecule has 0 aromatic carbocycles. The maximum atomic E-state index is 11.5. The van der Waals surface area contributed by atoms with Gasteiger partial charge in [-0.15, -0.1) is 6.58 Å². The third-order valence-corrected chi connectivity index (χ3v) is 3.42. The van der Waals surface area contributed by atoms with Gasteiger partial charge in [-0.05, 0) is 47.0 Å². The summed E-state index contributed by atoms with van der Waals surface area (Å²) in [6.45, 7) is 11.4. The van der Waals surface area contributed by atoms with Gasteiger partial charge in [0.05, 0.1) is 18.2 Å². The zero-order chi connectivity index (χ0) is 13.9. The number of rotatable bonds is 3. The van der Waals surface area contributed by atoms with E-state index in [2.05, 4.69) is 6.58 Å². The molecule has 1 rings (SSSR count). The van der Waals surface area contributed by atoms with E-state index in [9.17, 15) is 9.90 Å². The molecular formula is C14H25NO3. The number of hydrogen-bond acceptors (Lipinski definition) is 2. The monoisotopic (exact) mass is 255 g/mol. The predicted molar refractivity (Wildman–Crippen MR) is 71.8 cm³/mol. The molecule has 104 valence electrons. The van der Waals surface area contributed by atoms with Crippen LogP contribution < -0.4 is 0 Å². The van der Waals surface area contributed by atoms with Crippen molar-refractivity contribution in [2.24, 2.45) is 0 Å². The van der Waals surface area contributed by atoms with Gasteiger partial charge in [0, 0.05) is 5.54 Å². The van der Waals surface area contributed by atoms with Crippen molar-refractivity contribution < 1.29 is 14.6 Å². The molecule has 1 N–H and O–H groups in total. The first kappa shape index (κ1) is 15.0. The zero-order valence-corrected chi connectivity index (χ0v) is 11.8. The van der Waals surface area contributed by atoms with Crippen LogP contribution >= 0.6 is 0 Å². The summed E-state index contributed by atoms with van der Waals surface area (Å²) >= 11 is 0. The van der Waals surface area contributed by atoms with E-state index < -0.39 is 11.6 Å². The fourth-order valence-corrected chi connectivity index (χ4v) is 2.68. The van der Waals surface area contributed by atoms with E-state index >= 15 is 0 Å². The van der Waals surface area contributed by atoms with Crippen molar-refractivity contribution in [3.8, 4) is 0 Å². The zero-order valence-electron chi connectivity index (χ0n) is 11.8. The Bertz CT molecular complexity index is 309. The topological polar surface area (TPSA) is 49.8 Å². The van der Waals surface area contributed by atoms with E-state index in [1.165, 1.54) is 4.90 Å². The van der Waals surface area contributed by atoms with E-state index in [1.807, 2.05) is 33.8 Å². The molecule has 0 radical (unpaired) electrons. The molecule has 0 spiro atoms. The molecule has 0 aliphatic carbocycles. The van der Waals surface area contributed by atoms with Gasteiger partial charge in [-0.25, -0.2) is 4.79 Å². The predicted octanol–water partition coefficient (Wildman–Crippen LogP) is 3.28. The van der Waals surface area contributed by atoms with Crippen LogP contribution in [0.2, 0.25) is 0 Å². The fraction of sp³-hybridized carbons (Fsp3) is 0.786. The van der Waals surface area contributed by atoms with E-state index in [1.54, 1.807) is 0 Å². The highest BCUT2D eigenvalue weighted by molar-refractivity contribution is 5.66. The van der Waals surface area contributed by atoms with Crippen molar-refractivity contribution in [2.45, 2.75) is 70.7 Å². The second kappa shape index (κ2) is 5.74. The lowest BCUT2D eigenvalue weighted by Crippen LogP contribution is -2.57. The Morgan fingerprint density at radius 1 is 1.50 bits per heavy atom. The van der Waals surface area contributed by atoms with Crippen LogP contribution in [0.25, 0.3) is 0 Å². The van der Waals surface area contributed by atoms with Crippen LogP contribution in [0, 0.1) is 0 Å². The van der Waals surface area contributed by atoms with Gasteiger partial charge < -0.3 is 9.84 Å². The van der Waals surface area contributed by atoms with E-state index in [0.717, 1.165) is 19.3 Å². The van der Waals surface area contributed by atoms with Gasteiger partial charge in [-0.3, -0.25) is 4.90 Å². The Morgan fingerprint density at radius 3 is 2.50 bits per heavy atom. The smallest absolute Gasteiger partial charge is 0.408 e. The van der Waals surface area contributed by atoms with Crippen molar-refractivity contribution >= 4 is 6.09 Å². The summed E-state index contributed by atoms with van der Waals surface area (Å²) in [4.78, 5) is 13.0. The summed E-state index contributed by atoms with van der Waals surface area (Å²) < 4.78 is 5.89. The molecule has 0 aromatic heterocycles. The SMILES string of the molecule is C=CC[C@H]1CC[C@@H](N(C(=O)O)C(C)(C)C)[C@@H](C)O1. The summed E-state index contributed by atoms with van der Waals surface area (Å²) in [5.74, 6) is 0. The lowest BCUT2D eigenvalue weighted by Gasteiger charge is -2.45. The largest absolute Gasteiger partial charge is 0.465 e. The van der Waals surface area contributed by atoms with Crippen LogP contribution in [-0.2, 0) is 4.74 Å². The first-order chi connectivity index (χ1) is 8.27. The minimum absolute atomic E-state index is 0.0661. The molecule has 1 heterocycles. The third-order valence-electron chi connectivity index (χ3n) is 3.42. The maximum Gasteiger partial charge on any atom is 0.408 e. The van der Waals surface area contributed by atoms with E-state index in [4.69, 9.17) is 4.74 Å². The standard InChI is InChI=1S/C14H25NO3/c1-6-7-11-8-9-12(10(2)18-11)15(13(16)17)14(3,4)5/h6,10-12H,1,7-9H2,2-5H3,(H,16,17)/t10-,11+,12-/m1/s1. The molecule has 1 amide bonds. The summed E-state index contributed by atoms with van der Waals surface area (Å²) in [6.07, 6.45) is 3.67. The molecule has 1 fully saturated rings. The number of carbonyl (C=O) groups is 1. The highest BCUT2D eigenvalue weighted by Gasteiger charge is 2.39. The van der Waals surface area contributed by atoms with Crippen molar-refractivity contribution in [1.29, 1.82) is 0 Å². The van der Waals surface area contributed by atoms with Crippen molar-refractivity contribution in [2.75, 3.05) is 0 Å². The fourth-order valence-electron chi connectivity index (χ4n) is 2.68. The van der Waals surface area contributed by atoms with E-state index in [-0.39, 0.29) is 18.2 Å². The first-order valence-electron chi connectivity index (χ1n) is 6.56. The molecule has 18 heavy (non-hydrogen) atoms. The lowest BCUT2D eigenvalue weighted by molar-refractivity contribution is -0.0965. The van der Waals surface area contributed by atoms with Gasteiger partial charge in [0.1, 0.15) is 0 Å². The van der Waals surface area contributed by atoms with Gasteiger partial charge in [0.25, 0.3) is 0 Å². The first-order valence-corrected chi connectivity index (χ1v) is 6.56. The summed E-state index contributed by atoms with van der Waals surface area (Å²) in [7, 11) is 0. The number of amides is 1. The average molecular weight is 255 g/mol. The van der Waals surface area contributed by atoms with Gasteiger partial charge >= 0.3 is 6.09 Å². The highest BCUT2D eigenvalue weighted by Crippen LogP contribution is 2.30. The second-order valence-electron chi connectivity index (χ2n) is 5.96. The van der Waals surface area contributed by atoms with Crippen LogP contribution in [0.4, 0.5) is 4.79 Å². The minimum Gasteiger partial charge on any atom is -0.465 e. The van der Waals surface area contributed by atoms with Crippen LogP contribution in [0.5, 0.6) is 0 Å². The Kier molecular flexibility index (Phi) is 4.79. The molecule has 0 aromatic rings. The van der Waals surface area contributed by atoms with Gasteiger partial charge in [-0.1, -0.05) is 6.08 Å². The van der Waals surface area contributed by atoms with Crippen LogP contribution in [0.3, 0.4) is 0 Å². The normalized spacial score (nSPS) is 28.8. The number of ether oxygens (including phenoxy) is 1. The summed E-state index contributed by atoms with van der Waals surface area (Å²) in [6, 6.07) is -0.0661. The quantitative estimate of drug-likeness (QED) is 0.787. The molecule has 1 saturated heterocycles. The number of hydrogen-bond donors (Lipinski definition) is 1. The molecule has 0 saturated carbocycles. The molecule has 0 unspecified atom stereocenters. The molecule has 4 heteroatoms. The molecular weight excluding hydrogens is 230 g/mol. The van der Waals surface area contributed by atoms with Crippen molar-refractivity contribution in [1.82, 2.24) is 4.90 Å². The van der Waals surface area contributed by atoms with Crippen LogP contribution in [-0.4, -0.2) is 39.9 Å². The van der Waals surface area contributed by atoms with Gasteiger partial charge in [0.2, 0.25) is 0 Å². The van der Waals surface area contributed by atoms with Crippen LogP contribution in [0.1, 0.15) is 47.0 Å². The molecule has 3 atom stereocenters. The Hall–Kier alpha value is -1.03. The van der Waals surface area contributed by atoms with E-state index in [0.29, 0.717) is 0 Å². The molecule has 1 aliphatic heterocycles. The minimum atomic E-state index is -0.870. The summed E-state index contributed by atoms with van der Waals surface area (Å²) in [5.41, 5.74) is -0.403. The number of nitrogens with zero attached hydrogens (tertiary/aromatic N) is 1. The van der Waals surface area contributed by atoms with Crippen molar-refractivity contribution in [3.05, 3.63) is 12.7 Å². The Balaban J connectivity index is 2.77. The molecule has 4 nitrogen and oxygen atoms in total. The van der Waals surface area contributed by atoms with Crippen molar-refractivity contribution in [3.63, 3.8) is 0 Å². The lowest BCUT2D eigenvalue weighted by atomic mass is 9.93. The highest BCUT2D eigenvalue weighted by atomic mass is 16.5. The van der Waals surface area contributed by atoms with Gasteiger partial charge in [0.15, 0.2) is 0 Å². The van der Waals surface area contributed by atoms with Crippen LogP contribution in [0.15, 0.2) is 12.7 Å². The van der Waals surface area contributed by atoms with Gasteiger partial charge in [-0.2, -0.15) is 0 Å². The second-order valence-corrected chi connectivity index (χ2v) is 5.96. The molecule has 1 aliphatic rings.